The smallest absolute Gasteiger partial charge is 0.409 e. The summed E-state index contributed by atoms with van der Waals surface area (Å²) in [6.45, 7) is 9.75. The van der Waals surface area contributed by atoms with Crippen LogP contribution in [0.15, 0.2) is 0 Å². The minimum Gasteiger partial charge on any atom is -0.447 e. The van der Waals surface area contributed by atoms with Crippen molar-refractivity contribution in [3.8, 4) is 0 Å². The first kappa shape index (κ1) is 25.8. The zero-order chi connectivity index (χ0) is 22.5. The first-order valence-electron chi connectivity index (χ1n) is 10.9. The maximum Gasteiger partial charge on any atom is 0.409 e. The van der Waals surface area contributed by atoms with Crippen molar-refractivity contribution in [2.24, 2.45) is 0 Å². The molecule has 1 N–H and O–H groups in total. The van der Waals surface area contributed by atoms with Crippen molar-refractivity contribution in [2.45, 2.75) is 26.1 Å². The van der Waals surface area contributed by atoms with Crippen molar-refractivity contribution in [2.75, 3.05) is 92.2 Å². The number of amides is 2. The Morgan fingerprint density at radius 3 is 2.29 bits per heavy atom. The molecule has 0 radical (unpaired) electrons. The molecule has 31 heavy (non-hydrogen) atoms. The third kappa shape index (κ3) is 10.1. The van der Waals surface area contributed by atoms with Gasteiger partial charge in [-0.05, 0) is 6.92 Å². The molecule has 0 aliphatic carbocycles. The second kappa shape index (κ2) is 14.5. The van der Waals surface area contributed by atoms with E-state index in [1.165, 1.54) is 0 Å². The second-order valence-corrected chi connectivity index (χ2v) is 7.66. The lowest BCUT2D eigenvalue weighted by Gasteiger charge is -2.37. The maximum atomic E-state index is 12.1. The number of hydrogen-bond acceptors (Lipinski definition) is 9. The van der Waals surface area contributed by atoms with Crippen LogP contribution >= 0.6 is 0 Å². The maximum absolute atomic E-state index is 12.1. The van der Waals surface area contributed by atoms with Gasteiger partial charge in [-0.15, -0.1) is 0 Å². The van der Waals surface area contributed by atoms with Crippen LogP contribution in [-0.2, 0) is 28.5 Å². The van der Waals surface area contributed by atoms with E-state index in [0.717, 1.165) is 0 Å². The van der Waals surface area contributed by atoms with Gasteiger partial charge >= 0.3 is 6.09 Å². The predicted octanol–water partition coefficient (Wildman–Crippen LogP) is -0.624. The highest BCUT2D eigenvalue weighted by molar-refractivity contribution is 5.73. The van der Waals surface area contributed by atoms with Crippen LogP contribution in [0.3, 0.4) is 0 Å². The van der Waals surface area contributed by atoms with Crippen LogP contribution in [0, 0.1) is 0 Å². The number of carbonyl (C=O) groups is 2. The van der Waals surface area contributed by atoms with Crippen molar-refractivity contribution >= 4 is 12.0 Å². The molecule has 11 nitrogen and oxygen atoms in total. The van der Waals surface area contributed by atoms with E-state index in [2.05, 4.69) is 4.90 Å². The van der Waals surface area contributed by atoms with E-state index in [0.29, 0.717) is 79.0 Å². The van der Waals surface area contributed by atoms with Gasteiger partial charge in [0.2, 0.25) is 5.91 Å². The Balaban J connectivity index is 1.51. The van der Waals surface area contributed by atoms with Gasteiger partial charge in [-0.2, -0.15) is 0 Å². The molecule has 2 fully saturated rings. The molecule has 0 saturated carbocycles. The van der Waals surface area contributed by atoms with Gasteiger partial charge in [0.1, 0.15) is 6.61 Å². The summed E-state index contributed by atoms with van der Waals surface area (Å²) in [6.07, 6.45) is -0.451. The molecule has 0 spiro atoms. The minimum atomic E-state index is -0.338. The van der Waals surface area contributed by atoms with Gasteiger partial charge in [0.25, 0.3) is 0 Å². The van der Waals surface area contributed by atoms with Crippen molar-refractivity contribution < 1.29 is 38.4 Å². The summed E-state index contributed by atoms with van der Waals surface area (Å²) >= 11 is 0. The summed E-state index contributed by atoms with van der Waals surface area (Å²) < 4.78 is 27.2. The van der Waals surface area contributed by atoms with Crippen LogP contribution in [-0.4, -0.2) is 136 Å². The zero-order valence-corrected chi connectivity index (χ0v) is 18.7. The Kier molecular flexibility index (Phi) is 12.1. The van der Waals surface area contributed by atoms with Crippen LogP contribution in [0.1, 0.15) is 13.8 Å². The van der Waals surface area contributed by atoms with E-state index >= 15 is 0 Å². The molecule has 0 unspecified atom stereocenters. The monoisotopic (exact) mass is 447 g/mol. The molecule has 2 amide bonds. The number of piperazine rings is 1. The summed E-state index contributed by atoms with van der Waals surface area (Å²) in [5.74, 6) is 0.0572. The SMILES string of the molecule is CC(=O)N1C[C@@H](COCN2CCN(C(=O)OCCOCCOCCO)CC2)O[C@@H](C)C1. The van der Waals surface area contributed by atoms with Crippen LogP contribution in [0.2, 0.25) is 0 Å². The average Bonchev–Trinajstić information content (AvgIpc) is 2.75. The molecule has 0 aromatic rings. The Hall–Kier alpha value is -1.50. The van der Waals surface area contributed by atoms with Crippen LogP contribution in [0.4, 0.5) is 4.79 Å². The third-order valence-electron chi connectivity index (χ3n) is 5.04. The Morgan fingerprint density at radius 1 is 0.935 bits per heavy atom. The molecular formula is C20H37N3O8. The van der Waals surface area contributed by atoms with Gasteiger partial charge in [-0.3, -0.25) is 9.69 Å². The number of morpholine rings is 1. The van der Waals surface area contributed by atoms with Crippen molar-refractivity contribution in [1.29, 1.82) is 0 Å². The van der Waals surface area contributed by atoms with Crippen molar-refractivity contribution in [3.05, 3.63) is 0 Å². The highest BCUT2D eigenvalue weighted by atomic mass is 16.6. The lowest BCUT2D eigenvalue weighted by molar-refractivity contribution is -0.149. The zero-order valence-electron chi connectivity index (χ0n) is 18.7. The van der Waals surface area contributed by atoms with Crippen LogP contribution in [0.25, 0.3) is 0 Å². The fourth-order valence-corrected chi connectivity index (χ4v) is 3.43. The summed E-state index contributed by atoms with van der Waals surface area (Å²) in [7, 11) is 0. The Bertz CT molecular complexity index is 531. The third-order valence-corrected chi connectivity index (χ3v) is 5.04. The molecule has 0 bridgehead atoms. The standard InChI is InChI=1S/C20H37N3O8/c1-17-13-23(18(2)25)14-19(31-17)15-29-16-21-3-5-22(6-4-21)20(26)30-12-11-28-10-9-27-8-7-24/h17,19,24H,3-16H2,1-2H3/t17-,19-/m0/s1. The molecule has 0 aromatic carbocycles. The predicted molar refractivity (Wildman–Crippen MR) is 111 cm³/mol. The Morgan fingerprint density at radius 2 is 1.61 bits per heavy atom. The number of aliphatic hydroxyl groups excluding tert-OH is 1. The highest BCUT2D eigenvalue weighted by Crippen LogP contribution is 2.12. The largest absolute Gasteiger partial charge is 0.447 e. The van der Waals surface area contributed by atoms with E-state index in [9.17, 15) is 9.59 Å². The fourth-order valence-electron chi connectivity index (χ4n) is 3.43. The minimum absolute atomic E-state index is 0.00537. The second-order valence-electron chi connectivity index (χ2n) is 7.66. The molecule has 0 aromatic heterocycles. The van der Waals surface area contributed by atoms with Crippen molar-refractivity contribution in [3.63, 3.8) is 0 Å². The molecule has 2 atom stereocenters. The Labute approximate surface area is 184 Å². The van der Waals surface area contributed by atoms with E-state index in [4.69, 9.17) is 28.8 Å². The number of rotatable bonds is 12. The topological polar surface area (TPSA) is 110 Å². The summed E-state index contributed by atoms with van der Waals surface area (Å²) in [5.41, 5.74) is 0. The van der Waals surface area contributed by atoms with Crippen LogP contribution in [0.5, 0.6) is 0 Å². The van der Waals surface area contributed by atoms with Crippen LogP contribution < -0.4 is 0 Å². The first-order chi connectivity index (χ1) is 15.0. The van der Waals surface area contributed by atoms with E-state index < -0.39 is 0 Å². The molecular weight excluding hydrogens is 410 g/mol. The molecule has 2 saturated heterocycles. The van der Waals surface area contributed by atoms with E-state index in [1.54, 1.807) is 16.7 Å². The number of carbonyl (C=O) groups excluding carboxylic acids is 2. The molecule has 2 aliphatic rings. The normalized spacial score (nSPS) is 22.5. The molecule has 2 rings (SSSR count). The van der Waals surface area contributed by atoms with Gasteiger partial charge in [0, 0.05) is 46.2 Å². The number of hydrogen-bond donors (Lipinski definition) is 1. The number of ether oxygens (including phenoxy) is 5. The first-order valence-corrected chi connectivity index (χ1v) is 10.9. The molecule has 180 valence electrons. The number of aliphatic hydroxyl groups is 1. The molecule has 2 aliphatic heterocycles. The fraction of sp³-hybridized carbons (Fsp3) is 0.900. The summed E-state index contributed by atoms with van der Waals surface area (Å²) in [5, 5.41) is 8.58. The van der Waals surface area contributed by atoms with E-state index in [1.807, 2.05) is 6.92 Å². The molecule has 2 heterocycles. The lowest BCUT2D eigenvalue weighted by atomic mass is 10.2. The van der Waals surface area contributed by atoms with Gasteiger partial charge in [0.15, 0.2) is 0 Å². The molecule has 11 heteroatoms. The van der Waals surface area contributed by atoms with Gasteiger partial charge in [0.05, 0.1) is 58.6 Å². The average molecular weight is 448 g/mol. The summed E-state index contributed by atoms with van der Waals surface area (Å²) in [6, 6.07) is 0. The lowest BCUT2D eigenvalue weighted by Crippen LogP contribution is -2.51. The van der Waals surface area contributed by atoms with Gasteiger partial charge in [-0.25, -0.2) is 4.79 Å². The van der Waals surface area contributed by atoms with Gasteiger partial charge in [-0.1, -0.05) is 0 Å². The quantitative estimate of drug-likeness (QED) is 0.391. The van der Waals surface area contributed by atoms with E-state index in [-0.39, 0.29) is 37.4 Å². The number of nitrogens with zero attached hydrogens (tertiary/aromatic N) is 3. The van der Waals surface area contributed by atoms with Gasteiger partial charge < -0.3 is 38.6 Å². The summed E-state index contributed by atoms with van der Waals surface area (Å²) in [4.78, 5) is 29.3. The van der Waals surface area contributed by atoms with Crippen molar-refractivity contribution in [1.82, 2.24) is 14.7 Å². The highest BCUT2D eigenvalue weighted by Gasteiger charge is 2.27.